The monoisotopic (exact) mass is 449 g/mol. The van der Waals surface area contributed by atoms with Gasteiger partial charge in [-0.15, -0.1) is 0 Å². The van der Waals surface area contributed by atoms with Crippen LogP contribution in [0, 0.1) is 18.3 Å². The number of rotatable bonds is 6. The summed E-state index contributed by atoms with van der Waals surface area (Å²) in [5.41, 5.74) is 4.33. The molecular formula is C24H24BrN3O. The van der Waals surface area contributed by atoms with Crippen molar-refractivity contribution < 1.29 is 4.79 Å². The molecule has 1 aromatic heterocycles. The quantitative estimate of drug-likeness (QED) is 0.394. The van der Waals surface area contributed by atoms with Crippen LogP contribution in [0.3, 0.4) is 0 Å². The molecule has 1 amide bonds. The van der Waals surface area contributed by atoms with Crippen molar-refractivity contribution in [1.29, 1.82) is 5.26 Å². The number of nitrogens with zero attached hydrogens (tertiary/aromatic N) is 2. The van der Waals surface area contributed by atoms with Crippen LogP contribution < -0.4 is 5.32 Å². The number of nitrogens with one attached hydrogen (secondary N) is 1. The summed E-state index contributed by atoms with van der Waals surface area (Å²) in [6.07, 6.45) is 2.53. The summed E-state index contributed by atoms with van der Waals surface area (Å²) in [6.45, 7) is 6.68. The lowest BCUT2D eigenvalue weighted by Crippen LogP contribution is -2.32. The summed E-state index contributed by atoms with van der Waals surface area (Å²) < 4.78 is 3.27. The number of aromatic nitrogens is 1. The van der Waals surface area contributed by atoms with Crippen LogP contribution in [-0.2, 0) is 11.3 Å². The number of amides is 1. The number of benzene rings is 2. The maximum Gasteiger partial charge on any atom is 0.262 e. The topological polar surface area (TPSA) is 57.8 Å². The smallest absolute Gasteiger partial charge is 0.262 e. The minimum Gasteiger partial charge on any atom is -0.349 e. The van der Waals surface area contributed by atoms with E-state index in [1.165, 1.54) is 5.56 Å². The summed E-state index contributed by atoms with van der Waals surface area (Å²) >= 11 is 3.48. The summed E-state index contributed by atoms with van der Waals surface area (Å²) in [5, 5.41) is 13.5. The maximum absolute atomic E-state index is 12.5. The predicted octanol–water partition coefficient (Wildman–Crippen LogP) is 5.58. The molecule has 2 aromatic carbocycles. The van der Waals surface area contributed by atoms with Crippen LogP contribution in [0.5, 0.6) is 0 Å². The van der Waals surface area contributed by atoms with E-state index >= 15 is 0 Å². The fraction of sp³-hybridized carbons (Fsp3) is 0.250. The largest absolute Gasteiger partial charge is 0.349 e. The van der Waals surface area contributed by atoms with Gasteiger partial charge in [-0.1, -0.05) is 53.2 Å². The minimum atomic E-state index is -0.328. The molecule has 148 valence electrons. The molecule has 0 aliphatic heterocycles. The first-order chi connectivity index (χ1) is 13.9. The van der Waals surface area contributed by atoms with E-state index < -0.39 is 0 Å². The van der Waals surface area contributed by atoms with Gasteiger partial charge in [0.05, 0.1) is 0 Å². The zero-order chi connectivity index (χ0) is 21.0. The molecule has 5 heteroatoms. The van der Waals surface area contributed by atoms with Crippen molar-refractivity contribution in [2.45, 2.75) is 39.8 Å². The lowest BCUT2D eigenvalue weighted by molar-refractivity contribution is -0.117. The van der Waals surface area contributed by atoms with E-state index in [2.05, 4.69) is 50.1 Å². The fourth-order valence-corrected chi connectivity index (χ4v) is 3.58. The highest BCUT2D eigenvalue weighted by Gasteiger charge is 2.17. The molecule has 1 atom stereocenters. The van der Waals surface area contributed by atoms with Crippen LogP contribution in [0.2, 0.25) is 0 Å². The Morgan fingerprint density at radius 1 is 1.24 bits per heavy atom. The second-order valence-corrected chi connectivity index (χ2v) is 8.10. The van der Waals surface area contributed by atoms with E-state index in [4.69, 9.17) is 0 Å². The molecule has 0 fully saturated rings. The number of hydrogen-bond donors (Lipinski definition) is 1. The van der Waals surface area contributed by atoms with E-state index in [1.54, 1.807) is 6.08 Å². The molecule has 0 bridgehead atoms. The third kappa shape index (κ3) is 4.60. The highest BCUT2D eigenvalue weighted by Crippen LogP contribution is 2.29. The average molecular weight is 450 g/mol. The van der Waals surface area contributed by atoms with Crippen molar-refractivity contribution in [1.82, 2.24) is 9.88 Å². The first kappa shape index (κ1) is 20.9. The van der Waals surface area contributed by atoms with Crippen LogP contribution in [0.1, 0.15) is 37.1 Å². The zero-order valence-corrected chi connectivity index (χ0v) is 18.5. The summed E-state index contributed by atoms with van der Waals surface area (Å²) in [4.78, 5) is 12.5. The molecule has 0 spiro atoms. The second-order valence-electron chi connectivity index (χ2n) is 7.18. The van der Waals surface area contributed by atoms with Crippen molar-refractivity contribution in [2.24, 2.45) is 0 Å². The van der Waals surface area contributed by atoms with Gasteiger partial charge in [0.1, 0.15) is 11.6 Å². The third-order valence-electron chi connectivity index (χ3n) is 5.18. The van der Waals surface area contributed by atoms with Gasteiger partial charge in [0.25, 0.3) is 5.91 Å². The normalized spacial score (nSPS) is 12.6. The van der Waals surface area contributed by atoms with Crippen molar-refractivity contribution in [3.05, 3.63) is 75.4 Å². The predicted molar refractivity (Wildman–Crippen MR) is 121 cm³/mol. The van der Waals surface area contributed by atoms with Gasteiger partial charge in [0, 0.05) is 39.2 Å². The van der Waals surface area contributed by atoms with E-state index in [0.29, 0.717) is 6.54 Å². The summed E-state index contributed by atoms with van der Waals surface area (Å²) in [5.74, 6) is -0.328. The van der Waals surface area contributed by atoms with Gasteiger partial charge in [0.2, 0.25) is 0 Å². The van der Waals surface area contributed by atoms with Crippen LogP contribution >= 0.6 is 15.9 Å². The number of hydrogen-bond acceptors (Lipinski definition) is 2. The third-order valence-corrected chi connectivity index (χ3v) is 5.71. The maximum atomic E-state index is 12.5. The number of nitriles is 1. The van der Waals surface area contributed by atoms with E-state index in [-0.39, 0.29) is 17.5 Å². The number of fused-ring (bicyclic) bond motifs is 1. The Morgan fingerprint density at radius 2 is 1.93 bits per heavy atom. The highest BCUT2D eigenvalue weighted by molar-refractivity contribution is 9.10. The molecular weight excluding hydrogens is 426 g/mol. The van der Waals surface area contributed by atoms with E-state index in [1.807, 2.05) is 51.1 Å². The van der Waals surface area contributed by atoms with Gasteiger partial charge in [-0.2, -0.15) is 5.26 Å². The van der Waals surface area contributed by atoms with Gasteiger partial charge in [-0.25, -0.2) is 0 Å². The van der Waals surface area contributed by atoms with Gasteiger partial charge in [0.15, 0.2) is 0 Å². The van der Waals surface area contributed by atoms with Gasteiger partial charge < -0.3 is 9.88 Å². The van der Waals surface area contributed by atoms with Crippen molar-refractivity contribution in [3.8, 4) is 6.07 Å². The molecule has 3 aromatic rings. The van der Waals surface area contributed by atoms with Gasteiger partial charge >= 0.3 is 0 Å². The van der Waals surface area contributed by atoms with Crippen LogP contribution in [-0.4, -0.2) is 16.5 Å². The average Bonchev–Trinajstić information content (AvgIpc) is 2.98. The molecule has 0 aliphatic carbocycles. The molecule has 0 saturated carbocycles. The van der Waals surface area contributed by atoms with Crippen LogP contribution in [0.25, 0.3) is 17.0 Å². The van der Waals surface area contributed by atoms with E-state index in [0.717, 1.165) is 33.1 Å². The zero-order valence-electron chi connectivity index (χ0n) is 16.9. The Kier molecular flexibility index (Phi) is 6.56. The van der Waals surface area contributed by atoms with E-state index in [9.17, 15) is 10.1 Å². The number of carbonyl (C=O) groups is 1. The molecule has 29 heavy (non-hydrogen) atoms. The SMILES string of the molecule is CC[C@@H](C)NC(=O)/C(C#N)=C/c1c(C)n(Cc2ccc(Br)cc2)c2ccccc12. The Balaban J connectivity index is 2.06. The van der Waals surface area contributed by atoms with Crippen molar-refractivity contribution >= 4 is 38.8 Å². The molecule has 3 rings (SSSR count). The second kappa shape index (κ2) is 9.11. The molecule has 0 radical (unpaired) electrons. The van der Waals surface area contributed by atoms with Crippen LogP contribution in [0.15, 0.2) is 58.6 Å². The summed E-state index contributed by atoms with van der Waals surface area (Å²) in [7, 11) is 0. The fourth-order valence-electron chi connectivity index (χ4n) is 3.31. The highest BCUT2D eigenvalue weighted by atomic mass is 79.9. The number of para-hydroxylation sites is 1. The summed E-state index contributed by atoms with van der Waals surface area (Å²) in [6, 6.07) is 18.4. The van der Waals surface area contributed by atoms with Gasteiger partial charge in [-0.3, -0.25) is 4.79 Å². The molecule has 0 saturated heterocycles. The first-order valence-electron chi connectivity index (χ1n) is 9.69. The Labute approximate surface area is 180 Å². The molecule has 1 N–H and O–H groups in total. The molecule has 0 aliphatic rings. The standard InChI is InChI=1S/C24H24BrN3O/c1-4-16(2)27-24(29)19(14-26)13-22-17(3)28(23-8-6-5-7-21(22)23)15-18-9-11-20(25)12-10-18/h5-13,16H,4,15H2,1-3H3,(H,27,29)/b19-13+/t16-/m1/s1. The molecule has 4 nitrogen and oxygen atoms in total. The molecule has 0 unspecified atom stereocenters. The first-order valence-corrected chi connectivity index (χ1v) is 10.5. The number of halogens is 1. The Morgan fingerprint density at radius 3 is 2.59 bits per heavy atom. The van der Waals surface area contributed by atoms with Crippen LogP contribution in [0.4, 0.5) is 0 Å². The lowest BCUT2D eigenvalue weighted by Gasteiger charge is -2.10. The Bertz CT molecular complexity index is 1100. The number of carbonyl (C=O) groups excluding carboxylic acids is 1. The lowest BCUT2D eigenvalue weighted by atomic mass is 10.1. The molecule has 1 heterocycles. The minimum absolute atomic E-state index is 0.0269. The van der Waals surface area contributed by atoms with Gasteiger partial charge in [-0.05, 0) is 50.1 Å². The van der Waals surface area contributed by atoms with Crippen molar-refractivity contribution in [3.63, 3.8) is 0 Å². The van der Waals surface area contributed by atoms with Crippen molar-refractivity contribution in [2.75, 3.05) is 0 Å². The Hall–Kier alpha value is -2.84.